The third-order valence-corrected chi connectivity index (χ3v) is 3.13. The van der Waals surface area contributed by atoms with Gasteiger partial charge in [0.25, 0.3) is 0 Å². The first-order valence-corrected chi connectivity index (χ1v) is 6.65. The Bertz CT molecular complexity index is 377. The maximum atomic E-state index is 9.33. The number of benzene rings is 1. The Hall–Kier alpha value is -1.10. The van der Waals surface area contributed by atoms with Crippen molar-refractivity contribution in [3.63, 3.8) is 0 Å². The van der Waals surface area contributed by atoms with Gasteiger partial charge >= 0.3 is 0 Å². The van der Waals surface area contributed by atoms with E-state index in [4.69, 9.17) is 4.74 Å². The van der Waals surface area contributed by atoms with Crippen LogP contribution in [-0.2, 0) is 6.54 Å². The lowest BCUT2D eigenvalue weighted by Gasteiger charge is -2.30. The van der Waals surface area contributed by atoms with Gasteiger partial charge in [0.2, 0.25) is 0 Å². The van der Waals surface area contributed by atoms with E-state index < -0.39 is 5.41 Å². The molecular weight excluding hydrogens is 242 g/mol. The molecule has 108 valence electrons. The molecule has 0 atom stereocenters. The highest BCUT2D eigenvalue weighted by Gasteiger charge is 2.24. The van der Waals surface area contributed by atoms with Crippen molar-refractivity contribution in [2.75, 3.05) is 33.4 Å². The maximum Gasteiger partial charge on any atom is 0.123 e. The van der Waals surface area contributed by atoms with Crippen LogP contribution in [0.3, 0.4) is 0 Å². The van der Waals surface area contributed by atoms with E-state index in [1.807, 2.05) is 45.2 Å². The van der Waals surface area contributed by atoms with Crippen LogP contribution < -0.4 is 4.74 Å². The first kappa shape index (κ1) is 16.0. The number of rotatable bonds is 8. The van der Waals surface area contributed by atoms with Crippen molar-refractivity contribution in [3.8, 4) is 5.75 Å². The highest BCUT2D eigenvalue weighted by Crippen LogP contribution is 2.22. The molecule has 0 aliphatic rings. The normalized spacial score (nSPS) is 11.9. The zero-order chi connectivity index (χ0) is 14.3. The van der Waals surface area contributed by atoms with Crippen molar-refractivity contribution >= 4 is 0 Å². The zero-order valence-corrected chi connectivity index (χ0v) is 12.1. The first-order valence-electron chi connectivity index (χ1n) is 6.65. The number of aliphatic hydroxyl groups excluding tert-OH is 2. The summed E-state index contributed by atoms with van der Waals surface area (Å²) in [4.78, 5) is 2.09. The second-order valence-corrected chi connectivity index (χ2v) is 5.34. The van der Waals surface area contributed by atoms with E-state index in [9.17, 15) is 10.2 Å². The Morgan fingerprint density at radius 1 is 1.21 bits per heavy atom. The van der Waals surface area contributed by atoms with Gasteiger partial charge in [-0.3, -0.25) is 0 Å². The lowest BCUT2D eigenvalue weighted by atomic mass is 9.92. The molecule has 0 aliphatic carbocycles. The van der Waals surface area contributed by atoms with E-state index in [0.717, 1.165) is 17.9 Å². The molecule has 0 radical (unpaired) electrons. The fourth-order valence-corrected chi connectivity index (χ4v) is 2.08. The summed E-state index contributed by atoms with van der Waals surface area (Å²) in [5.74, 6) is 0.895. The molecule has 0 saturated carbocycles. The van der Waals surface area contributed by atoms with Crippen LogP contribution in [0.2, 0.25) is 0 Å². The molecule has 0 aliphatic heterocycles. The molecule has 2 N–H and O–H groups in total. The Morgan fingerprint density at radius 3 is 2.42 bits per heavy atom. The zero-order valence-electron chi connectivity index (χ0n) is 12.1. The summed E-state index contributed by atoms with van der Waals surface area (Å²) in [5.41, 5.74) is 0.639. The van der Waals surface area contributed by atoms with Crippen molar-refractivity contribution in [1.82, 2.24) is 4.90 Å². The summed E-state index contributed by atoms with van der Waals surface area (Å²) in [6, 6.07) is 7.95. The lowest BCUT2D eigenvalue weighted by Crippen LogP contribution is -2.38. The van der Waals surface area contributed by atoms with E-state index in [1.54, 1.807) is 0 Å². The summed E-state index contributed by atoms with van der Waals surface area (Å²) in [5, 5.41) is 18.7. The van der Waals surface area contributed by atoms with Crippen LogP contribution in [0.1, 0.15) is 19.4 Å². The monoisotopic (exact) mass is 267 g/mol. The molecule has 0 heterocycles. The van der Waals surface area contributed by atoms with Gasteiger partial charge in [0.15, 0.2) is 0 Å². The molecule has 4 nitrogen and oxygen atoms in total. The molecule has 1 rings (SSSR count). The molecule has 0 fully saturated rings. The first-order chi connectivity index (χ1) is 9.04. The molecule has 4 heteroatoms. The molecule has 1 aromatic carbocycles. The highest BCUT2D eigenvalue weighted by molar-refractivity contribution is 5.33. The van der Waals surface area contributed by atoms with E-state index in [-0.39, 0.29) is 13.2 Å². The smallest absolute Gasteiger partial charge is 0.123 e. The molecule has 1 aromatic rings. The van der Waals surface area contributed by atoms with Crippen molar-refractivity contribution in [2.45, 2.75) is 20.4 Å². The van der Waals surface area contributed by atoms with Gasteiger partial charge in [0, 0.05) is 24.1 Å². The minimum atomic E-state index is -0.477. The van der Waals surface area contributed by atoms with E-state index >= 15 is 0 Å². The average molecular weight is 267 g/mol. The van der Waals surface area contributed by atoms with Crippen LogP contribution >= 0.6 is 0 Å². The van der Waals surface area contributed by atoms with Crippen molar-refractivity contribution in [2.24, 2.45) is 5.41 Å². The van der Waals surface area contributed by atoms with E-state index in [1.165, 1.54) is 0 Å². The molecule has 19 heavy (non-hydrogen) atoms. The topological polar surface area (TPSA) is 52.9 Å². The largest absolute Gasteiger partial charge is 0.494 e. The number of hydrogen-bond acceptors (Lipinski definition) is 4. The second-order valence-electron chi connectivity index (χ2n) is 5.34. The number of aliphatic hydroxyl groups is 2. The molecular formula is C15H25NO3. The molecule has 0 spiro atoms. The SMILES string of the molecule is CCOc1ccccc1CN(C)CC(C)(CO)CO. The fraction of sp³-hybridized carbons (Fsp3) is 0.600. The van der Waals surface area contributed by atoms with Crippen LogP contribution in [-0.4, -0.2) is 48.5 Å². The van der Waals surface area contributed by atoms with Crippen LogP contribution in [0.25, 0.3) is 0 Å². The van der Waals surface area contributed by atoms with Gasteiger partial charge < -0.3 is 19.8 Å². The van der Waals surface area contributed by atoms with Gasteiger partial charge in [0.05, 0.1) is 19.8 Å². The Balaban J connectivity index is 2.69. The fourth-order valence-electron chi connectivity index (χ4n) is 2.08. The van der Waals surface area contributed by atoms with Crippen molar-refractivity contribution in [1.29, 1.82) is 0 Å². The standard InChI is InChI=1S/C15H25NO3/c1-4-19-14-8-6-5-7-13(14)9-16(3)10-15(2,11-17)12-18/h5-8,17-18H,4,9-12H2,1-3H3. The van der Waals surface area contributed by atoms with Gasteiger partial charge in [0.1, 0.15) is 5.75 Å². The van der Waals surface area contributed by atoms with Crippen LogP contribution in [0, 0.1) is 5.41 Å². The van der Waals surface area contributed by atoms with Gasteiger partial charge in [-0.05, 0) is 20.0 Å². The van der Waals surface area contributed by atoms with Gasteiger partial charge in [-0.25, -0.2) is 0 Å². The number of hydrogen-bond donors (Lipinski definition) is 2. The molecule has 0 aromatic heterocycles. The van der Waals surface area contributed by atoms with Crippen LogP contribution in [0.4, 0.5) is 0 Å². The van der Waals surface area contributed by atoms with E-state index in [2.05, 4.69) is 4.90 Å². The third-order valence-electron chi connectivity index (χ3n) is 3.13. The number of para-hydroxylation sites is 1. The average Bonchev–Trinajstić information content (AvgIpc) is 2.41. The second kappa shape index (κ2) is 7.48. The summed E-state index contributed by atoms with van der Waals surface area (Å²) < 4.78 is 5.60. The summed E-state index contributed by atoms with van der Waals surface area (Å²) >= 11 is 0. The predicted molar refractivity (Wildman–Crippen MR) is 76.2 cm³/mol. The minimum absolute atomic E-state index is 0.0268. The van der Waals surface area contributed by atoms with Gasteiger partial charge in [-0.1, -0.05) is 25.1 Å². The Kier molecular flexibility index (Phi) is 6.28. The summed E-state index contributed by atoms with van der Waals surface area (Å²) in [7, 11) is 1.98. The van der Waals surface area contributed by atoms with Crippen molar-refractivity contribution < 1.29 is 14.9 Å². The molecule has 0 amide bonds. The Labute approximate surface area is 115 Å². The number of nitrogens with zero attached hydrogens (tertiary/aromatic N) is 1. The maximum absolute atomic E-state index is 9.33. The molecule has 0 unspecified atom stereocenters. The third kappa shape index (κ3) is 4.82. The molecule has 0 bridgehead atoms. The quantitative estimate of drug-likeness (QED) is 0.749. The van der Waals surface area contributed by atoms with Crippen LogP contribution in [0.5, 0.6) is 5.75 Å². The van der Waals surface area contributed by atoms with Crippen molar-refractivity contribution in [3.05, 3.63) is 29.8 Å². The Morgan fingerprint density at radius 2 is 1.84 bits per heavy atom. The lowest BCUT2D eigenvalue weighted by molar-refractivity contribution is 0.0400. The highest BCUT2D eigenvalue weighted by atomic mass is 16.5. The van der Waals surface area contributed by atoms with Gasteiger partial charge in [-0.15, -0.1) is 0 Å². The van der Waals surface area contributed by atoms with E-state index in [0.29, 0.717) is 13.2 Å². The predicted octanol–water partition coefficient (Wildman–Crippen LogP) is 1.51. The molecule has 0 saturated heterocycles. The van der Waals surface area contributed by atoms with Gasteiger partial charge in [-0.2, -0.15) is 0 Å². The van der Waals surface area contributed by atoms with Crippen LogP contribution in [0.15, 0.2) is 24.3 Å². The summed E-state index contributed by atoms with van der Waals surface area (Å²) in [6.45, 7) is 5.78. The summed E-state index contributed by atoms with van der Waals surface area (Å²) in [6.07, 6.45) is 0. The minimum Gasteiger partial charge on any atom is -0.494 e. The number of ether oxygens (including phenoxy) is 1.